The van der Waals surface area contributed by atoms with E-state index < -0.39 is 11.9 Å². The van der Waals surface area contributed by atoms with Gasteiger partial charge >= 0.3 is 6.09 Å². The zero-order chi connectivity index (χ0) is 15.5. The molecule has 5 heteroatoms. The smallest absolute Gasteiger partial charge is 0.410 e. The molecule has 0 fully saturated rings. The first kappa shape index (κ1) is 14.4. The lowest BCUT2D eigenvalue weighted by molar-refractivity contribution is 0.0911. The molecular formula is C17H16FNO3. The second-order valence-electron chi connectivity index (χ2n) is 5.24. The summed E-state index contributed by atoms with van der Waals surface area (Å²) in [7, 11) is 0. The Morgan fingerprint density at radius 1 is 1.18 bits per heavy atom. The SMILES string of the molecule is O=C(OCc1ccccc1)N1CCc2c(O)ccc(F)c2C1. The monoisotopic (exact) mass is 301 g/mol. The first-order valence-corrected chi connectivity index (χ1v) is 7.10. The number of carbonyl (C=O) groups excluding carboxylic acids is 1. The standard InChI is InChI=1S/C17H16FNO3/c18-15-6-7-16(20)13-8-9-19(10-14(13)15)17(21)22-11-12-4-2-1-3-5-12/h1-7,20H,8-11H2. The summed E-state index contributed by atoms with van der Waals surface area (Å²) in [5.74, 6) is -0.331. The molecule has 2 aromatic rings. The van der Waals surface area contributed by atoms with Crippen molar-refractivity contribution in [2.45, 2.75) is 19.6 Å². The van der Waals surface area contributed by atoms with Gasteiger partial charge < -0.3 is 14.7 Å². The average molecular weight is 301 g/mol. The van der Waals surface area contributed by atoms with E-state index in [1.54, 1.807) is 0 Å². The maximum atomic E-state index is 13.8. The van der Waals surface area contributed by atoms with Crippen molar-refractivity contribution in [3.8, 4) is 5.75 Å². The highest BCUT2D eigenvalue weighted by atomic mass is 19.1. The van der Waals surface area contributed by atoms with E-state index in [0.717, 1.165) is 5.56 Å². The summed E-state index contributed by atoms with van der Waals surface area (Å²) >= 11 is 0. The molecule has 22 heavy (non-hydrogen) atoms. The number of amides is 1. The molecular weight excluding hydrogens is 285 g/mol. The first-order chi connectivity index (χ1) is 10.6. The number of ether oxygens (including phenoxy) is 1. The molecule has 1 N–H and O–H groups in total. The lowest BCUT2D eigenvalue weighted by atomic mass is 9.98. The van der Waals surface area contributed by atoms with Gasteiger partial charge in [-0.2, -0.15) is 0 Å². The topological polar surface area (TPSA) is 49.8 Å². The van der Waals surface area contributed by atoms with Crippen LogP contribution in [0.25, 0.3) is 0 Å². The Kier molecular flexibility index (Phi) is 3.96. The van der Waals surface area contributed by atoms with Crippen LogP contribution >= 0.6 is 0 Å². The van der Waals surface area contributed by atoms with Crippen LogP contribution in [-0.2, 0) is 24.3 Å². The van der Waals surface area contributed by atoms with E-state index in [9.17, 15) is 14.3 Å². The number of nitrogens with zero attached hydrogens (tertiary/aromatic N) is 1. The molecule has 1 aliphatic rings. The second kappa shape index (κ2) is 6.05. The average Bonchev–Trinajstić information content (AvgIpc) is 2.57. The van der Waals surface area contributed by atoms with Crippen molar-refractivity contribution in [3.05, 3.63) is 65.0 Å². The number of carbonyl (C=O) groups is 1. The van der Waals surface area contributed by atoms with Crippen LogP contribution in [0.15, 0.2) is 42.5 Å². The molecule has 3 rings (SSSR count). The fraction of sp³-hybridized carbons (Fsp3) is 0.235. The van der Waals surface area contributed by atoms with Gasteiger partial charge in [0, 0.05) is 17.7 Å². The molecule has 0 aliphatic carbocycles. The third-order valence-electron chi connectivity index (χ3n) is 3.79. The maximum Gasteiger partial charge on any atom is 0.410 e. The molecule has 0 atom stereocenters. The summed E-state index contributed by atoms with van der Waals surface area (Å²) < 4.78 is 19.1. The summed E-state index contributed by atoms with van der Waals surface area (Å²) in [5, 5.41) is 9.76. The Morgan fingerprint density at radius 2 is 1.95 bits per heavy atom. The van der Waals surface area contributed by atoms with Crippen LogP contribution < -0.4 is 0 Å². The molecule has 1 amide bonds. The van der Waals surface area contributed by atoms with E-state index in [1.165, 1.54) is 17.0 Å². The summed E-state index contributed by atoms with van der Waals surface area (Å²) in [5.41, 5.74) is 1.84. The molecule has 114 valence electrons. The van der Waals surface area contributed by atoms with E-state index in [0.29, 0.717) is 24.1 Å². The zero-order valence-electron chi connectivity index (χ0n) is 12.0. The Hall–Kier alpha value is -2.56. The van der Waals surface area contributed by atoms with Gasteiger partial charge in [0.15, 0.2) is 0 Å². The van der Waals surface area contributed by atoms with Crippen LogP contribution in [0.2, 0.25) is 0 Å². The van der Waals surface area contributed by atoms with Crippen molar-refractivity contribution >= 4 is 6.09 Å². The lowest BCUT2D eigenvalue weighted by Gasteiger charge is -2.28. The van der Waals surface area contributed by atoms with Crippen molar-refractivity contribution < 1.29 is 19.0 Å². The Morgan fingerprint density at radius 3 is 2.73 bits per heavy atom. The molecule has 2 aromatic carbocycles. The fourth-order valence-electron chi connectivity index (χ4n) is 2.59. The number of fused-ring (bicyclic) bond motifs is 1. The lowest BCUT2D eigenvalue weighted by Crippen LogP contribution is -2.36. The third-order valence-corrected chi connectivity index (χ3v) is 3.79. The predicted octanol–water partition coefficient (Wildman–Crippen LogP) is 3.23. The van der Waals surface area contributed by atoms with Gasteiger partial charge in [-0.1, -0.05) is 30.3 Å². The minimum Gasteiger partial charge on any atom is -0.508 e. The van der Waals surface area contributed by atoms with E-state index in [1.807, 2.05) is 30.3 Å². The molecule has 0 unspecified atom stereocenters. The van der Waals surface area contributed by atoms with Crippen molar-refractivity contribution in [2.24, 2.45) is 0 Å². The Labute approximate surface area is 127 Å². The van der Waals surface area contributed by atoms with Gasteiger partial charge in [-0.3, -0.25) is 0 Å². The highest BCUT2D eigenvalue weighted by Crippen LogP contribution is 2.29. The minimum atomic E-state index is -0.475. The van der Waals surface area contributed by atoms with Crippen LogP contribution in [0.5, 0.6) is 5.75 Å². The van der Waals surface area contributed by atoms with Gasteiger partial charge in [0.2, 0.25) is 0 Å². The zero-order valence-corrected chi connectivity index (χ0v) is 12.0. The quantitative estimate of drug-likeness (QED) is 0.926. The van der Waals surface area contributed by atoms with Gasteiger partial charge in [0.1, 0.15) is 18.2 Å². The molecule has 1 aliphatic heterocycles. The molecule has 0 bridgehead atoms. The van der Waals surface area contributed by atoms with Gasteiger partial charge in [-0.05, 0) is 24.1 Å². The number of hydrogen-bond acceptors (Lipinski definition) is 3. The van der Waals surface area contributed by atoms with Crippen molar-refractivity contribution in [1.82, 2.24) is 4.90 Å². The predicted molar refractivity (Wildman–Crippen MR) is 78.8 cm³/mol. The number of hydrogen-bond donors (Lipinski definition) is 1. The highest BCUT2D eigenvalue weighted by molar-refractivity contribution is 5.68. The van der Waals surface area contributed by atoms with E-state index >= 15 is 0 Å². The number of aromatic hydroxyl groups is 1. The maximum absolute atomic E-state index is 13.8. The van der Waals surface area contributed by atoms with Crippen molar-refractivity contribution in [1.29, 1.82) is 0 Å². The van der Waals surface area contributed by atoms with E-state index in [2.05, 4.69) is 0 Å². The van der Waals surface area contributed by atoms with E-state index in [4.69, 9.17) is 4.74 Å². The second-order valence-corrected chi connectivity index (χ2v) is 5.24. The van der Waals surface area contributed by atoms with Crippen LogP contribution in [0.4, 0.5) is 9.18 Å². The minimum absolute atomic E-state index is 0.0775. The van der Waals surface area contributed by atoms with Crippen LogP contribution in [0.3, 0.4) is 0 Å². The number of rotatable bonds is 2. The summed E-state index contributed by atoms with van der Waals surface area (Å²) in [6.45, 7) is 0.701. The normalized spacial score (nSPS) is 13.6. The van der Waals surface area contributed by atoms with Gasteiger partial charge in [-0.15, -0.1) is 0 Å². The van der Waals surface area contributed by atoms with Crippen LogP contribution in [0.1, 0.15) is 16.7 Å². The third kappa shape index (κ3) is 2.88. The number of benzene rings is 2. The first-order valence-electron chi connectivity index (χ1n) is 7.10. The fourth-order valence-corrected chi connectivity index (χ4v) is 2.59. The van der Waals surface area contributed by atoms with Crippen molar-refractivity contribution in [2.75, 3.05) is 6.54 Å². The molecule has 0 saturated carbocycles. The number of phenols is 1. The molecule has 1 heterocycles. The van der Waals surface area contributed by atoms with Crippen LogP contribution in [0, 0.1) is 5.82 Å². The molecule has 0 saturated heterocycles. The summed E-state index contributed by atoms with van der Waals surface area (Å²) in [4.78, 5) is 13.5. The Balaban J connectivity index is 1.67. The van der Waals surface area contributed by atoms with Crippen LogP contribution in [-0.4, -0.2) is 22.6 Å². The molecule has 0 spiro atoms. The number of phenolic OH excluding ortho intramolecular Hbond substituents is 1. The Bertz CT molecular complexity index is 688. The highest BCUT2D eigenvalue weighted by Gasteiger charge is 2.26. The van der Waals surface area contributed by atoms with Crippen molar-refractivity contribution in [3.63, 3.8) is 0 Å². The van der Waals surface area contributed by atoms with Gasteiger partial charge in [0.25, 0.3) is 0 Å². The molecule has 4 nitrogen and oxygen atoms in total. The number of halogens is 1. The molecule has 0 radical (unpaired) electrons. The van der Waals surface area contributed by atoms with E-state index in [-0.39, 0.29) is 18.9 Å². The largest absolute Gasteiger partial charge is 0.508 e. The molecule has 0 aromatic heterocycles. The van der Waals surface area contributed by atoms with Gasteiger partial charge in [-0.25, -0.2) is 9.18 Å². The van der Waals surface area contributed by atoms with Gasteiger partial charge in [0.05, 0.1) is 6.54 Å². The summed E-state index contributed by atoms with van der Waals surface area (Å²) in [6.07, 6.45) is -0.0587. The summed E-state index contributed by atoms with van der Waals surface area (Å²) in [6, 6.07) is 11.9.